The number of methoxy groups -OCH3 is 1. The zero-order valence-corrected chi connectivity index (χ0v) is 15.0. The number of pyridine rings is 1. The highest BCUT2D eigenvalue weighted by atomic mass is 16.6. The first-order valence-electron chi connectivity index (χ1n) is 8.46. The third-order valence-electron chi connectivity index (χ3n) is 4.29. The Kier molecular flexibility index (Phi) is 4.29. The van der Waals surface area contributed by atoms with Crippen molar-refractivity contribution in [3.63, 3.8) is 0 Å². The first kappa shape index (κ1) is 16.8. The molecule has 0 bridgehead atoms. The number of fused-ring (bicyclic) bond motifs is 1. The molecule has 0 fully saturated rings. The van der Waals surface area contributed by atoms with Crippen LogP contribution in [0.25, 0.3) is 34.7 Å². The normalized spacial score (nSPS) is 11.5. The van der Waals surface area contributed by atoms with Crippen molar-refractivity contribution in [2.45, 2.75) is 13.5 Å². The molecule has 0 aliphatic heterocycles. The van der Waals surface area contributed by atoms with Crippen molar-refractivity contribution in [1.82, 2.24) is 24.8 Å². The van der Waals surface area contributed by atoms with Crippen molar-refractivity contribution in [3.05, 3.63) is 47.8 Å². The maximum Gasteiger partial charge on any atom is 0.199 e. The third-order valence-corrected chi connectivity index (χ3v) is 4.29. The second-order valence-corrected chi connectivity index (χ2v) is 5.88. The number of nitrogen functional groups attached to an aromatic ring is 1. The van der Waals surface area contributed by atoms with E-state index >= 15 is 0 Å². The van der Waals surface area contributed by atoms with Crippen LogP contribution in [0, 0.1) is 0 Å². The summed E-state index contributed by atoms with van der Waals surface area (Å²) in [6.07, 6.45) is 7.57. The Balaban J connectivity index is 1.80. The van der Waals surface area contributed by atoms with E-state index in [1.165, 1.54) is 0 Å². The smallest absolute Gasteiger partial charge is 0.199 e. The van der Waals surface area contributed by atoms with Crippen LogP contribution in [0.3, 0.4) is 0 Å². The van der Waals surface area contributed by atoms with Gasteiger partial charge in [-0.05, 0) is 34.9 Å². The average Bonchev–Trinajstić information content (AvgIpc) is 3.29. The van der Waals surface area contributed by atoms with Crippen LogP contribution in [-0.4, -0.2) is 32.0 Å². The summed E-state index contributed by atoms with van der Waals surface area (Å²) in [5.41, 5.74) is 9.99. The summed E-state index contributed by atoms with van der Waals surface area (Å²) in [5, 5.41) is 7.53. The highest BCUT2D eigenvalue weighted by Gasteiger charge is 2.19. The van der Waals surface area contributed by atoms with Crippen molar-refractivity contribution < 1.29 is 9.37 Å². The Labute approximate surface area is 155 Å². The standard InChI is InChI=1S/C19H18N6O2/c1-3-25-17-13(7-4-12-5-8-14(26-2)9-6-12)10-21-11-15(17)22-19(25)16-18(20)24-27-23-16/h4-11H,3H2,1-2H3,(H2,20,24)/b7-4+. The summed E-state index contributed by atoms with van der Waals surface area (Å²) < 4.78 is 12.0. The molecule has 8 heteroatoms. The maximum atomic E-state index is 5.85. The molecular weight excluding hydrogens is 344 g/mol. The lowest BCUT2D eigenvalue weighted by Gasteiger charge is -2.06. The number of ether oxygens (including phenoxy) is 1. The second-order valence-electron chi connectivity index (χ2n) is 5.88. The van der Waals surface area contributed by atoms with Crippen LogP contribution in [0.2, 0.25) is 0 Å². The number of hydrogen-bond donors (Lipinski definition) is 1. The fourth-order valence-corrected chi connectivity index (χ4v) is 2.98. The van der Waals surface area contributed by atoms with Gasteiger partial charge in [0, 0.05) is 18.3 Å². The monoisotopic (exact) mass is 362 g/mol. The molecule has 27 heavy (non-hydrogen) atoms. The molecule has 0 saturated heterocycles. The van der Waals surface area contributed by atoms with Crippen LogP contribution >= 0.6 is 0 Å². The molecule has 2 N–H and O–H groups in total. The number of rotatable bonds is 5. The average molecular weight is 362 g/mol. The van der Waals surface area contributed by atoms with E-state index < -0.39 is 0 Å². The van der Waals surface area contributed by atoms with Gasteiger partial charge in [0.05, 0.1) is 18.8 Å². The van der Waals surface area contributed by atoms with Gasteiger partial charge in [0.25, 0.3) is 0 Å². The lowest BCUT2D eigenvalue weighted by atomic mass is 10.1. The predicted molar refractivity (Wildman–Crippen MR) is 103 cm³/mol. The quantitative estimate of drug-likeness (QED) is 0.581. The Morgan fingerprint density at radius 1 is 1.15 bits per heavy atom. The van der Waals surface area contributed by atoms with Crippen molar-refractivity contribution in [2.24, 2.45) is 0 Å². The van der Waals surface area contributed by atoms with Gasteiger partial charge in [-0.3, -0.25) is 4.98 Å². The zero-order valence-electron chi connectivity index (χ0n) is 15.0. The van der Waals surface area contributed by atoms with E-state index in [1.807, 2.05) is 54.1 Å². The molecule has 4 rings (SSSR count). The molecule has 3 aromatic heterocycles. The van der Waals surface area contributed by atoms with E-state index in [0.717, 1.165) is 27.9 Å². The van der Waals surface area contributed by atoms with Gasteiger partial charge in [-0.15, -0.1) is 0 Å². The van der Waals surface area contributed by atoms with Gasteiger partial charge in [-0.2, -0.15) is 0 Å². The molecule has 0 radical (unpaired) electrons. The first-order valence-corrected chi connectivity index (χ1v) is 8.46. The third kappa shape index (κ3) is 3.01. The number of benzene rings is 1. The second kappa shape index (κ2) is 6.91. The lowest BCUT2D eigenvalue weighted by Crippen LogP contribution is -2.00. The summed E-state index contributed by atoms with van der Waals surface area (Å²) in [4.78, 5) is 8.94. The summed E-state index contributed by atoms with van der Waals surface area (Å²) in [7, 11) is 1.65. The van der Waals surface area contributed by atoms with E-state index in [2.05, 4.69) is 20.3 Å². The minimum atomic E-state index is 0.211. The Morgan fingerprint density at radius 3 is 2.63 bits per heavy atom. The molecule has 1 aromatic carbocycles. The number of hydrogen-bond acceptors (Lipinski definition) is 7. The maximum absolute atomic E-state index is 5.85. The van der Waals surface area contributed by atoms with E-state index in [0.29, 0.717) is 18.1 Å². The van der Waals surface area contributed by atoms with Gasteiger partial charge >= 0.3 is 0 Å². The van der Waals surface area contributed by atoms with Gasteiger partial charge in [0.1, 0.15) is 11.3 Å². The Morgan fingerprint density at radius 2 is 1.96 bits per heavy atom. The van der Waals surface area contributed by atoms with Gasteiger partial charge in [-0.1, -0.05) is 24.3 Å². The van der Waals surface area contributed by atoms with Crippen LogP contribution in [0.5, 0.6) is 5.75 Å². The first-order chi connectivity index (χ1) is 13.2. The minimum absolute atomic E-state index is 0.211. The number of aryl methyl sites for hydroxylation is 1. The van der Waals surface area contributed by atoms with Crippen LogP contribution in [0.15, 0.2) is 41.3 Å². The summed E-state index contributed by atoms with van der Waals surface area (Å²) in [5.74, 6) is 1.64. The highest BCUT2D eigenvalue weighted by Crippen LogP contribution is 2.28. The van der Waals surface area contributed by atoms with Gasteiger partial charge < -0.3 is 15.0 Å². The van der Waals surface area contributed by atoms with Crippen LogP contribution < -0.4 is 10.5 Å². The van der Waals surface area contributed by atoms with E-state index in [4.69, 9.17) is 15.1 Å². The largest absolute Gasteiger partial charge is 0.497 e. The molecular formula is C19H18N6O2. The van der Waals surface area contributed by atoms with E-state index in [-0.39, 0.29) is 5.82 Å². The molecule has 8 nitrogen and oxygen atoms in total. The predicted octanol–water partition coefficient (Wildman–Crippen LogP) is 3.26. The summed E-state index contributed by atoms with van der Waals surface area (Å²) in [6, 6.07) is 7.83. The molecule has 4 aromatic rings. The molecule has 0 unspecified atom stereocenters. The molecule has 0 aliphatic rings. The molecule has 0 aliphatic carbocycles. The van der Waals surface area contributed by atoms with Crippen molar-refractivity contribution >= 4 is 29.0 Å². The van der Waals surface area contributed by atoms with Gasteiger partial charge in [-0.25, -0.2) is 9.61 Å². The molecule has 136 valence electrons. The lowest BCUT2D eigenvalue weighted by molar-refractivity contribution is 0.310. The van der Waals surface area contributed by atoms with Crippen LogP contribution in [0.1, 0.15) is 18.1 Å². The van der Waals surface area contributed by atoms with Gasteiger partial charge in [0.2, 0.25) is 0 Å². The SMILES string of the molecule is CCn1c(-c2nonc2N)nc2cncc(/C=C/c3ccc(OC)cc3)c21. The molecule has 0 atom stereocenters. The topological polar surface area (TPSA) is 105 Å². The highest BCUT2D eigenvalue weighted by molar-refractivity contribution is 5.90. The van der Waals surface area contributed by atoms with Crippen LogP contribution in [0.4, 0.5) is 5.82 Å². The summed E-state index contributed by atoms with van der Waals surface area (Å²) in [6.45, 7) is 2.72. The number of nitrogens with zero attached hydrogens (tertiary/aromatic N) is 5. The Hall–Kier alpha value is -3.68. The number of anilines is 1. The van der Waals surface area contributed by atoms with Crippen molar-refractivity contribution in [2.75, 3.05) is 12.8 Å². The fraction of sp³-hybridized carbons (Fsp3) is 0.158. The number of aromatic nitrogens is 5. The fourth-order valence-electron chi connectivity index (χ4n) is 2.98. The van der Waals surface area contributed by atoms with E-state index in [9.17, 15) is 0 Å². The summed E-state index contributed by atoms with van der Waals surface area (Å²) >= 11 is 0. The number of imidazole rings is 1. The Bertz CT molecular complexity index is 1110. The van der Waals surface area contributed by atoms with E-state index in [1.54, 1.807) is 13.3 Å². The van der Waals surface area contributed by atoms with Gasteiger partial charge in [0.15, 0.2) is 17.3 Å². The molecule has 3 heterocycles. The van der Waals surface area contributed by atoms with Crippen molar-refractivity contribution in [1.29, 1.82) is 0 Å². The van der Waals surface area contributed by atoms with Crippen LogP contribution in [-0.2, 0) is 6.54 Å². The molecule has 0 spiro atoms. The van der Waals surface area contributed by atoms with Crippen molar-refractivity contribution in [3.8, 4) is 17.3 Å². The molecule has 0 saturated carbocycles. The zero-order chi connectivity index (χ0) is 18.8. The number of nitrogens with two attached hydrogens (primary N) is 1. The molecule has 0 amide bonds. The minimum Gasteiger partial charge on any atom is -0.497 e.